The monoisotopic (exact) mass is 483 g/mol. The Labute approximate surface area is 188 Å². The molecular formula is C22H20F3NO6S. The molecule has 0 aliphatic heterocycles. The van der Waals surface area contributed by atoms with Gasteiger partial charge < -0.3 is 18.9 Å². The Morgan fingerprint density at radius 1 is 0.758 bits per heavy atom. The predicted molar refractivity (Wildman–Crippen MR) is 115 cm³/mol. The molecule has 33 heavy (non-hydrogen) atoms. The maximum Gasteiger partial charge on any atom is 0.573 e. The van der Waals surface area contributed by atoms with E-state index in [0.717, 1.165) is 0 Å². The van der Waals surface area contributed by atoms with Gasteiger partial charge in [0, 0.05) is 12.1 Å². The number of halogens is 3. The first kappa shape index (κ1) is 24.1. The molecule has 3 aromatic rings. The van der Waals surface area contributed by atoms with Crippen LogP contribution in [0.4, 0.5) is 18.9 Å². The standard InChI is InChI=1S/C22H20F3NO6S/c1-29-19-12-16(13-20(30-2)21(19)31-3)26-33(27,28)18-10-6-15(7-11-18)14-4-8-17(9-5-14)32-22(23,24)25/h4-13,26H,1-3H3. The van der Waals surface area contributed by atoms with Gasteiger partial charge in [0.25, 0.3) is 10.0 Å². The van der Waals surface area contributed by atoms with E-state index in [1.165, 1.54) is 69.9 Å². The number of ether oxygens (including phenoxy) is 4. The highest BCUT2D eigenvalue weighted by Gasteiger charge is 2.31. The second-order valence-corrected chi connectivity index (χ2v) is 8.30. The van der Waals surface area contributed by atoms with Crippen LogP contribution in [0.2, 0.25) is 0 Å². The molecule has 11 heteroatoms. The van der Waals surface area contributed by atoms with Crippen molar-refractivity contribution in [3.63, 3.8) is 0 Å². The molecule has 0 unspecified atom stereocenters. The van der Waals surface area contributed by atoms with Gasteiger partial charge in [-0.3, -0.25) is 4.72 Å². The van der Waals surface area contributed by atoms with Gasteiger partial charge in [0.05, 0.1) is 31.9 Å². The van der Waals surface area contributed by atoms with Crippen LogP contribution in [0, 0.1) is 0 Å². The van der Waals surface area contributed by atoms with Crippen molar-refractivity contribution in [1.29, 1.82) is 0 Å². The van der Waals surface area contributed by atoms with Crippen LogP contribution >= 0.6 is 0 Å². The van der Waals surface area contributed by atoms with Crippen LogP contribution in [0.25, 0.3) is 11.1 Å². The Morgan fingerprint density at radius 2 is 1.24 bits per heavy atom. The molecule has 0 spiro atoms. The molecule has 0 amide bonds. The number of benzene rings is 3. The van der Waals surface area contributed by atoms with Crippen molar-refractivity contribution in [1.82, 2.24) is 0 Å². The van der Waals surface area contributed by atoms with Crippen molar-refractivity contribution in [2.24, 2.45) is 0 Å². The lowest BCUT2D eigenvalue weighted by molar-refractivity contribution is -0.274. The Kier molecular flexibility index (Phi) is 6.92. The maximum absolute atomic E-state index is 12.8. The van der Waals surface area contributed by atoms with E-state index in [9.17, 15) is 21.6 Å². The molecule has 0 aromatic heterocycles. The number of anilines is 1. The van der Waals surface area contributed by atoms with Crippen molar-refractivity contribution in [2.75, 3.05) is 26.1 Å². The van der Waals surface area contributed by atoms with Crippen LogP contribution in [0.1, 0.15) is 0 Å². The van der Waals surface area contributed by atoms with Crippen LogP contribution in [0.15, 0.2) is 65.6 Å². The second kappa shape index (κ2) is 9.49. The molecule has 0 radical (unpaired) electrons. The van der Waals surface area contributed by atoms with Crippen molar-refractivity contribution >= 4 is 15.7 Å². The summed E-state index contributed by atoms with van der Waals surface area (Å²) in [5, 5.41) is 0. The number of alkyl halides is 3. The molecule has 3 aromatic carbocycles. The van der Waals surface area contributed by atoms with E-state index in [0.29, 0.717) is 16.9 Å². The van der Waals surface area contributed by atoms with E-state index in [4.69, 9.17) is 14.2 Å². The molecule has 0 atom stereocenters. The van der Waals surface area contributed by atoms with Crippen LogP contribution in [0.3, 0.4) is 0 Å². The minimum Gasteiger partial charge on any atom is -0.493 e. The number of sulfonamides is 1. The van der Waals surface area contributed by atoms with E-state index >= 15 is 0 Å². The van der Waals surface area contributed by atoms with E-state index in [1.54, 1.807) is 12.1 Å². The SMILES string of the molecule is COc1cc(NS(=O)(=O)c2ccc(-c3ccc(OC(F)(F)F)cc3)cc2)cc(OC)c1OC. The predicted octanol–water partition coefficient (Wildman–Crippen LogP) is 5.08. The highest BCUT2D eigenvalue weighted by molar-refractivity contribution is 7.92. The van der Waals surface area contributed by atoms with Gasteiger partial charge >= 0.3 is 6.36 Å². The van der Waals surface area contributed by atoms with Crippen molar-refractivity contribution in [2.45, 2.75) is 11.3 Å². The first-order valence-electron chi connectivity index (χ1n) is 9.35. The topological polar surface area (TPSA) is 83.1 Å². The second-order valence-electron chi connectivity index (χ2n) is 6.62. The molecule has 0 aliphatic carbocycles. The minimum absolute atomic E-state index is 0.0166. The molecule has 176 valence electrons. The lowest BCUT2D eigenvalue weighted by atomic mass is 10.1. The molecule has 0 heterocycles. The highest BCUT2D eigenvalue weighted by Crippen LogP contribution is 2.40. The number of hydrogen-bond acceptors (Lipinski definition) is 6. The van der Waals surface area contributed by atoms with E-state index in [2.05, 4.69) is 9.46 Å². The smallest absolute Gasteiger partial charge is 0.493 e. The summed E-state index contributed by atoms with van der Waals surface area (Å²) in [4.78, 5) is -0.0166. The van der Waals surface area contributed by atoms with Gasteiger partial charge in [-0.15, -0.1) is 13.2 Å². The third-order valence-corrected chi connectivity index (χ3v) is 5.90. The lowest BCUT2D eigenvalue weighted by Gasteiger charge is -2.15. The summed E-state index contributed by atoms with van der Waals surface area (Å²) in [6.45, 7) is 0. The number of hydrogen-bond donors (Lipinski definition) is 1. The summed E-state index contributed by atoms with van der Waals surface area (Å²) in [6, 6.07) is 14.0. The zero-order valence-electron chi connectivity index (χ0n) is 17.8. The summed E-state index contributed by atoms with van der Waals surface area (Å²) >= 11 is 0. The van der Waals surface area contributed by atoms with Crippen molar-refractivity contribution < 1.29 is 40.5 Å². The first-order valence-corrected chi connectivity index (χ1v) is 10.8. The number of rotatable bonds is 8. The van der Waals surface area contributed by atoms with Gasteiger partial charge in [-0.2, -0.15) is 0 Å². The maximum atomic E-state index is 12.8. The van der Waals surface area contributed by atoms with E-state index < -0.39 is 16.4 Å². The zero-order chi connectivity index (χ0) is 24.2. The van der Waals surface area contributed by atoms with Gasteiger partial charge in [0.1, 0.15) is 5.75 Å². The molecular weight excluding hydrogens is 463 g/mol. The summed E-state index contributed by atoms with van der Waals surface area (Å²) in [5.41, 5.74) is 1.40. The average molecular weight is 483 g/mol. The number of nitrogens with one attached hydrogen (secondary N) is 1. The largest absolute Gasteiger partial charge is 0.573 e. The van der Waals surface area contributed by atoms with E-state index in [1.807, 2.05) is 0 Å². The summed E-state index contributed by atoms with van der Waals surface area (Å²) < 4.78 is 84.5. The molecule has 7 nitrogen and oxygen atoms in total. The quantitative estimate of drug-likeness (QED) is 0.481. The normalized spacial score (nSPS) is 11.6. The van der Waals surface area contributed by atoms with Crippen molar-refractivity contribution in [3.8, 4) is 34.1 Å². The van der Waals surface area contributed by atoms with Gasteiger partial charge in [0.15, 0.2) is 11.5 Å². The van der Waals surface area contributed by atoms with Crippen molar-refractivity contribution in [3.05, 3.63) is 60.7 Å². The minimum atomic E-state index is -4.78. The fourth-order valence-corrected chi connectivity index (χ4v) is 4.07. The van der Waals surface area contributed by atoms with Gasteiger partial charge in [-0.05, 0) is 35.4 Å². The Bertz CT molecular complexity index is 1190. The lowest BCUT2D eigenvalue weighted by Crippen LogP contribution is -2.16. The zero-order valence-corrected chi connectivity index (χ0v) is 18.6. The van der Waals surface area contributed by atoms with Gasteiger partial charge in [0.2, 0.25) is 5.75 Å². The summed E-state index contributed by atoms with van der Waals surface area (Å²) in [7, 11) is 0.303. The van der Waals surface area contributed by atoms with E-state index in [-0.39, 0.29) is 27.8 Å². The molecule has 0 fully saturated rings. The molecule has 3 rings (SSSR count). The molecule has 1 N–H and O–H groups in total. The van der Waals surface area contributed by atoms with Crippen LogP contribution < -0.4 is 23.7 Å². The highest BCUT2D eigenvalue weighted by atomic mass is 32.2. The number of methoxy groups -OCH3 is 3. The Morgan fingerprint density at radius 3 is 1.67 bits per heavy atom. The van der Waals surface area contributed by atoms with Gasteiger partial charge in [-0.1, -0.05) is 24.3 Å². The fourth-order valence-electron chi connectivity index (χ4n) is 3.03. The summed E-state index contributed by atoms with van der Waals surface area (Å²) in [5.74, 6) is 0.532. The molecule has 0 saturated carbocycles. The van der Waals surface area contributed by atoms with Crippen LogP contribution in [-0.4, -0.2) is 36.1 Å². The fraction of sp³-hybridized carbons (Fsp3) is 0.182. The van der Waals surface area contributed by atoms with Gasteiger partial charge in [-0.25, -0.2) is 8.42 Å². The van der Waals surface area contributed by atoms with Crippen LogP contribution in [0.5, 0.6) is 23.0 Å². The Balaban J connectivity index is 1.82. The molecule has 0 bridgehead atoms. The molecule has 0 aliphatic rings. The third kappa shape index (κ3) is 5.80. The van der Waals surface area contributed by atoms with Crippen LogP contribution in [-0.2, 0) is 10.0 Å². The Hall–Kier alpha value is -3.60. The average Bonchev–Trinajstić information content (AvgIpc) is 2.77. The summed E-state index contributed by atoms with van der Waals surface area (Å²) in [6.07, 6.45) is -4.78. The third-order valence-electron chi connectivity index (χ3n) is 4.50. The first-order chi connectivity index (χ1) is 15.6. The molecule has 0 saturated heterocycles.